The van der Waals surface area contributed by atoms with Gasteiger partial charge in [0.1, 0.15) is 10.8 Å². The van der Waals surface area contributed by atoms with Gasteiger partial charge in [-0.25, -0.2) is 9.48 Å². The molecular formula is C12H9ClF3N3O2S. The van der Waals surface area contributed by atoms with E-state index in [1.165, 1.54) is 11.3 Å². The number of aromatic nitrogens is 2. The number of aromatic carboxylic acids is 1. The lowest BCUT2D eigenvalue weighted by Crippen LogP contribution is -2.35. The van der Waals surface area contributed by atoms with Crippen molar-refractivity contribution < 1.29 is 23.1 Å². The van der Waals surface area contributed by atoms with Crippen molar-refractivity contribution in [1.29, 1.82) is 0 Å². The van der Waals surface area contributed by atoms with E-state index in [1.54, 1.807) is 17.5 Å². The number of carboxylic acid groups (broad SMARTS) is 1. The molecule has 10 heteroatoms. The third kappa shape index (κ3) is 2.44. The molecule has 0 saturated carbocycles. The maximum atomic E-state index is 13.3. The molecule has 0 fully saturated rings. The molecule has 118 valence electrons. The number of carboxylic acids is 1. The Hall–Kier alpha value is -1.74. The molecule has 0 aromatic carbocycles. The third-order valence-electron chi connectivity index (χ3n) is 3.38. The molecule has 2 aromatic rings. The van der Waals surface area contributed by atoms with Gasteiger partial charge in [0.2, 0.25) is 0 Å². The van der Waals surface area contributed by atoms with Gasteiger partial charge in [-0.15, -0.1) is 11.3 Å². The molecule has 3 heterocycles. The van der Waals surface area contributed by atoms with Crippen molar-refractivity contribution in [3.8, 4) is 0 Å². The largest absolute Gasteiger partial charge is 0.476 e. The van der Waals surface area contributed by atoms with E-state index in [0.717, 1.165) is 4.88 Å². The molecule has 2 aromatic heterocycles. The Bertz CT molecular complexity index is 714. The number of hydrogen-bond donors (Lipinski definition) is 2. The Morgan fingerprint density at radius 1 is 1.55 bits per heavy atom. The summed E-state index contributed by atoms with van der Waals surface area (Å²) < 4.78 is 40.5. The second-order valence-corrected chi connectivity index (χ2v) is 6.12. The third-order valence-corrected chi connectivity index (χ3v) is 4.73. The molecule has 2 N–H and O–H groups in total. The second kappa shape index (κ2) is 5.17. The lowest BCUT2D eigenvalue weighted by molar-refractivity contribution is -0.173. The van der Waals surface area contributed by atoms with Crippen LogP contribution in [0.4, 0.5) is 19.0 Å². The number of fused-ring (bicyclic) bond motifs is 1. The minimum Gasteiger partial charge on any atom is -0.476 e. The zero-order valence-corrected chi connectivity index (χ0v) is 12.3. The van der Waals surface area contributed by atoms with Crippen molar-refractivity contribution in [2.75, 3.05) is 5.32 Å². The normalized spacial score (nSPS) is 21.3. The molecule has 2 atom stereocenters. The first-order valence-electron chi connectivity index (χ1n) is 6.17. The van der Waals surface area contributed by atoms with E-state index in [9.17, 15) is 18.0 Å². The molecule has 0 unspecified atom stereocenters. The van der Waals surface area contributed by atoms with E-state index < -0.39 is 29.9 Å². The maximum Gasteiger partial charge on any atom is 0.410 e. The van der Waals surface area contributed by atoms with Crippen LogP contribution in [0.15, 0.2) is 17.5 Å². The van der Waals surface area contributed by atoms with Gasteiger partial charge in [-0.2, -0.15) is 18.3 Å². The van der Waals surface area contributed by atoms with Gasteiger partial charge in [0.25, 0.3) is 0 Å². The Balaban J connectivity index is 2.10. The predicted molar refractivity (Wildman–Crippen MR) is 74.6 cm³/mol. The van der Waals surface area contributed by atoms with Crippen molar-refractivity contribution in [3.63, 3.8) is 0 Å². The van der Waals surface area contributed by atoms with Crippen LogP contribution in [0.3, 0.4) is 0 Å². The minimum atomic E-state index is -4.56. The number of hydrogen-bond acceptors (Lipinski definition) is 4. The first-order chi connectivity index (χ1) is 10.3. The van der Waals surface area contributed by atoms with Crippen LogP contribution in [-0.2, 0) is 0 Å². The van der Waals surface area contributed by atoms with Gasteiger partial charge < -0.3 is 10.4 Å². The highest BCUT2D eigenvalue weighted by Gasteiger charge is 2.48. The molecule has 0 spiro atoms. The quantitative estimate of drug-likeness (QED) is 0.859. The molecule has 0 amide bonds. The van der Waals surface area contributed by atoms with E-state index in [2.05, 4.69) is 10.4 Å². The average molecular weight is 352 g/mol. The molecule has 0 aliphatic carbocycles. The number of nitrogens with one attached hydrogen (secondary N) is 1. The fraction of sp³-hybridized carbons (Fsp3) is 0.333. The average Bonchev–Trinajstić information content (AvgIpc) is 3.05. The molecule has 1 aliphatic heterocycles. The van der Waals surface area contributed by atoms with Crippen LogP contribution in [0, 0.1) is 0 Å². The highest BCUT2D eigenvalue weighted by atomic mass is 35.5. The van der Waals surface area contributed by atoms with Crippen LogP contribution in [0.1, 0.15) is 33.9 Å². The highest BCUT2D eigenvalue weighted by molar-refractivity contribution is 7.10. The standard InChI is InChI=1S/C12H9ClF3N3O2S/c13-8-9(11(20)21)18-19-7(12(14,15)16)4-5(17-10(8)19)6-2-1-3-22-6/h1-3,5,7,17H,4H2,(H,20,21)/t5-,7+/m0/s1. The summed E-state index contributed by atoms with van der Waals surface area (Å²) >= 11 is 7.21. The Morgan fingerprint density at radius 2 is 2.27 bits per heavy atom. The summed E-state index contributed by atoms with van der Waals surface area (Å²) in [6.45, 7) is 0. The van der Waals surface area contributed by atoms with Crippen LogP contribution in [0.25, 0.3) is 0 Å². The SMILES string of the molecule is O=C(O)c1nn2c(c1Cl)N[C@H](c1cccs1)C[C@@H]2C(F)(F)F. The first-order valence-corrected chi connectivity index (χ1v) is 7.42. The van der Waals surface area contributed by atoms with Crippen LogP contribution in [-0.4, -0.2) is 27.0 Å². The van der Waals surface area contributed by atoms with E-state index in [4.69, 9.17) is 16.7 Å². The Labute approximate surface area is 131 Å². The lowest BCUT2D eigenvalue weighted by atomic mass is 10.0. The fourth-order valence-electron chi connectivity index (χ4n) is 2.40. The maximum absolute atomic E-state index is 13.3. The van der Waals surface area contributed by atoms with Crippen LogP contribution < -0.4 is 5.32 Å². The Kier molecular flexibility index (Phi) is 3.56. The number of anilines is 1. The topological polar surface area (TPSA) is 67.1 Å². The number of alkyl halides is 3. The molecular weight excluding hydrogens is 343 g/mol. The van der Waals surface area contributed by atoms with Crippen LogP contribution >= 0.6 is 22.9 Å². The number of nitrogens with zero attached hydrogens (tertiary/aromatic N) is 2. The van der Waals surface area contributed by atoms with Crippen molar-refractivity contribution in [2.24, 2.45) is 0 Å². The summed E-state index contributed by atoms with van der Waals surface area (Å²) in [5, 5.41) is 16.8. The van der Waals surface area contributed by atoms with E-state index >= 15 is 0 Å². The first kappa shape index (κ1) is 15.2. The van der Waals surface area contributed by atoms with Gasteiger partial charge in [-0.05, 0) is 11.4 Å². The molecule has 3 rings (SSSR count). The monoisotopic (exact) mass is 351 g/mol. The molecule has 0 bridgehead atoms. The van der Waals surface area contributed by atoms with Gasteiger partial charge in [0, 0.05) is 11.3 Å². The number of halogens is 4. The zero-order valence-electron chi connectivity index (χ0n) is 10.8. The van der Waals surface area contributed by atoms with Gasteiger partial charge in [-0.1, -0.05) is 17.7 Å². The number of rotatable bonds is 2. The van der Waals surface area contributed by atoms with E-state index in [0.29, 0.717) is 4.68 Å². The number of thiophene rings is 1. The van der Waals surface area contributed by atoms with Gasteiger partial charge >= 0.3 is 12.1 Å². The molecule has 5 nitrogen and oxygen atoms in total. The Morgan fingerprint density at radius 3 is 2.82 bits per heavy atom. The summed E-state index contributed by atoms with van der Waals surface area (Å²) in [4.78, 5) is 11.8. The molecule has 0 saturated heterocycles. The molecule has 22 heavy (non-hydrogen) atoms. The van der Waals surface area contributed by atoms with Gasteiger partial charge in [0.05, 0.1) is 6.04 Å². The zero-order chi connectivity index (χ0) is 16.1. The summed E-state index contributed by atoms with van der Waals surface area (Å²) in [7, 11) is 0. The summed E-state index contributed by atoms with van der Waals surface area (Å²) in [5.74, 6) is -1.59. The molecule has 1 aliphatic rings. The van der Waals surface area contributed by atoms with Crippen LogP contribution in [0.2, 0.25) is 5.02 Å². The van der Waals surface area contributed by atoms with Crippen molar-refractivity contribution >= 4 is 34.7 Å². The number of carbonyl (C=O) groups is 1. The summed E-state index contributed by atoms with van der Waals surface area (Å²) in [5.41, 5.74) is -0.592. The van der Waals surface area contributed by atoms with Gasteiger partial charge in [0.15, 0.2) is 11.7 Å². The van der Waals surface area contributed by atoms with Crippen LogP contribution in [0.5, 0.6) is 0 Å². The molecule has 0 radical (unpaired) electrons. The summed E-state index contributed by atoms with van der Waals surface area (Å²) in [6.07, 6.45) is -4.84. The smallest absolute Gasteiger partial charge is 0.410 e. The minimum absolute atomic E-state index is 0.119. The predicted octanol–water partition coefficient (Wildman–Crippen LogP) is 3.96. The van der Waals surface area contributed by atoms with Crippen molar-refractivity contribution in [1.82, 2.24) is 9.78 Å². The van der Waals surface area contributed by atoms with Gasteiger partial charge in [-0.3, -0.25) is 0 Å². The van der Waals surface area contributed by atoms with Crippen molar-refractivity contribution in [2.45, 2.75) is 24.7 Å². The fourth-order valence-corrected chi connectivity index (χ4v) is 3.45. The second-order valence-electron chi connectivity index (χ2n) is 4.77. The van der Waals surface area contributed by atoms with Crippen molar-refractivity contribution in [3.05, 3.63) is 33.1 Å². The lowest BCUT2D eigenvalue weighted by Gasteiger charge is -2.32. The highest BCUT2D eigenvalue weighted by Crippen LogP contribution is 2.46. The van der Waals surface area contributed by atoms with E-state index in [1.807, 2.05) is 0 Å². The summed E-state index contributed by atoms with van der Waals surface area (Å²) in [6, 6.07) is 0.922. The van der Waals surface area contributed by atoms with E-state index in [-0.39, 0.29) is 17.3 Å².